The first-order valence-electron chi connectivity index (χ1n) is 7.14. The Kier molecular flexibility index (Phi) is 5.84. The summed E-state index contributed by atoms with van der Waals surface area (Å²) in [5.74, 6) is -2.22. The van der Waals surface area contributed by atoms with E-state index in [0.717, 1.165) is 12.1 Å². The Bertz CT molecular complexity index is 768. The van der Waals surface area contributed by atoms with Crippen molar-refractivity contribution in [3.63, 3.8) is 0 Å². The minimum absolute atomic E-state index is 0.0347. The van der Waals surface area contributed by atoms with Crippen molar-refractivity contribution in [3.05, 3.63) is 59.2 Å². The lowest BCUT2D eigenvalue weighted by atomic mass is 10.1. The molecule has 0 unspecified atom stereocenters. The van der Waals surface area contributed by atoms with E-state index >= 15 is 0 Å². The van der Waals surface area contributed by atoms with Gasteiger partial charge >= 0.3 is 6.61 Å². The zero-order valence-electron chi connectivity index (χ0n) is 13.4. The van der Waals surface area contributed by atoms with Gasteiger partial charge in [0.25, 0.3) is 5.91 Å². The molecular weight excluding hydrogens is 342 g/mol. The maximum atomic E-state index is 13.7. The van der Waals surface area contributed by atoms with Crippen LogP contribution in [0.1, 0.15) is 15.9 Å². The zero-order chi connectivity index (χ0) is 18.6. The average Bonchev–Trinajstić information content (AvgIpc) is 2.56. The van der Waals surface area contributed by atoms with Crippen molar-refractivity contribution >= 4 is 5.91 Å². The van der Waals surface area contributed by atoms with Crippen molar-refractivity contribution in [3.8, 4) is 11.5 Å². The highest BCUT2D eigenvalue weighted by atomic mass is 19.3. The SMILES string of the molecule is COc1cc(C(=O)N(C)Cc2ccc(F)cc2F)ccc1OC(F)F. The van der Waals surface area contributed by atoms with Crippen LogP contribution in [-0.2, 0) is 6.54 Å². The van der Waals surface area contributed by atoms with Gasteiger partial charge in [0.05, 0.1) is 7.11 Å². The molecule has 8 heteroatoms. The van der Waals surface area contributed by atoms with Crippen LogP contribution >= 0.6 is 0 Å². The monoisotopic (exact) mass is 357 g/mol. The summed E-state index contributed by atoms with van der Waals surface area (Å²) < 4.78 is 60.5. The molecule has 0 fully saturated rings. The quantitative estimate of drug-likeness (QED) is 0.738. The fourth-order valence-electron chi connectivity index (χ4n) is 2.19. The van der Waals surface area contributed by atoms with Crippen LogP contribution < -0.4 is 9.47 Å². The van der Waals surface area contributed by atoms with Gasteiger partial charge in [0, 0.05) is 30.8 Å². The summed E-state index contributed by atoms with van der Waals surface area (Å²) in [5, 5.41) is 0. The smallest absolute Gasteiger partial charge is 0.387 e. The lowest BCUT2D eigenvalue weighted by molar-refractivity contribution is -0.0512. The molecule has 0 aliphatic rings. The molecule has 0 bridgehead atoms. The summed E-state index contributed by atoms with van der Waals surface area (Å²) in [4.78, 5) is 13.6. The predicted octanol–water partition coefficient (Wildman–Crippen LogP) is 3.85. The molecule has 0 aliphatic heterocycles. The van der Waals surface area contributed by atoms with E-state index in [1.165, 1.54) is 43.3 Å². The van der Waals surface area contributed by atoms with E-state index in [-0.39, 0.29) is 29.2 Å². The summed E-state index contributed by atoms with van der Waals surface area (Å²) in [5.41, 5.74) is 0.283. The molecule has 0 atom stereocenters. The fourth-order valence-corrected chi connectivity index (χ4v) is 2.19. The Morgan fingerprint density at radius 3 is 2.44 bits per heavy atom. The van der Waals surface area contributed by atoms with Gasteiger partial charge in [-0.05, 0) is 24.3 Å². The number of ether oxygens (including phenoxy) is 2. The standard InChI is InChI=1S/C17H15F4NO3/c1-22(9-11-3-5-12(18)8-13(11)19)16(23)10-4-6-14(25-17(20)21)15(7-10)24-2/h3-8,17H,9H2,1-2H3. The number of hydrogen-bond acceptors (Lipinski definition) is 3. The fraction of sp³-hybridized carbons (Fsp3) is 0.235. The first kappa shape index (κ1) is 18.6. The summed E-state index contributed by atoms with van der Waals surface area (Å²) in [6.07, 6.45) is 0. The van der Waals surface area contributed by atoms with Crippen molar-refractivity contribution in [1.82, 2.24) is 4.90 Å². The lowest BCUT2D eigenvalue weighted by Crippen LogP contribution is -2.26. The van der Waals surface area contributed by atoms with Crippen molar-refractivity contribution in [1.29, 1.82) is 0 Å². The van der Waals surface area contributed by atoms with Crippen molar-refractivity contribution in [2.75, 3.05) is 14.2 Å². The first-order valence-corrected chi connectivity index (χ1v) is 7.14. The maximum absolute atomic E-state index is 13.7. The molecule has 0 aliphatic carbocycles. The van der Waals surface area contributed by atoms with Gasteiger partial charge in [0.2, 0.25) is 0 Å². The van der Waals surface area contributed by atoms with E-state index in [9.17, 15) is 22.4 Å². The average molecular weight is 357 g/mol. The highest BCUT2D eigenvalue weighted by molar-refractivity contribution is 5.94. The van der Waals surface area contributed by atoms with Gasteiger partial charge in [-0.25, -0.2) is 8.78 Å². The van der Waals surface area contributed by atoms with Gasteiger partial charge in [-0.15, -0.1) is 0 Å². The second kappa shape index (κ2) is 7.87. The highest BCUT2D eigenvalue weighted by Crippen LogP contribution is 2.30. The van der Waals surface area contributed by atoms with Gasteiger partial charge in [-0.2, -0.15) is 8.78 Å². The van der Waals surface area contributed by atoms with Gasteiger partial charge in [0.15, 0.2) is 11.5 Å². The van der Waals surface area contributed by atoms with Crippen LogP contribution in [0.15, 0.2) is 36.4 Å². The zero-order valence-corrected chi connectivity index (χ0v) is 13.4. The van der Waals surface area contributed by atoms with Crippen LogP contribution in [0.4, 0.5) is 17.6 Å². The first-order chi connectivity index (χ1) is 11.8. The molecule has 2 rings (SSSR count). The molecule has 0 spiro atoms. The molecule has 0 N–H and O–H groups in total. The molecule has 0 radical (unpaired) electrons. The van der Waals surface area contributed by atoms with E-state index in [1.807, 2.05) is 0 Å². The number of methoxy groups -OCH3 is 1. The number of carbonyl (C=O) groups excluding carboxylic acids is 1. The van der Waals surface area contributed by atoms with Gasteiger partial charge in [-0.1, -0.05) is 6.07 Å². The molecule has 1 amide bonds. The number of carbonyl (C=O) groups is 1. The third-order valence-electron chi connectivity index (χ3n) is 3.40. The number of nitrogens with zero attached hydrogens (tertiary/aromatic N) is 1. The molecular formula is C17H15F4NO3. The Hall–Kier alpha value is -2.77. The summed E-state index contributed by atoms with van der Waals surface area (Å²) in [6.45, 7) is -3.12. The third-order valence-corrected chi connectivity index (χ3v) is 3.40. The third kappa shape index (κ3) is 4.62. The normalized spacial score (nSPS) is 10.7. The molecule has 0 aromatic heterocycles. The Balaban J connectivity index is 2.18. The molecule has 25 heavy (non-hydrogen) atoms. The van der Waals surface area contributed by atoms with Gasteiger partial charge in [-0.3, -0.25) is 4.79 Å². The van der Waals surface area contributed by atoms with Crippen molar-refractivity contribution in [2.24, 2.45) is 0 Å². The van der Waals surface area contributed by atoms with Crippen LogP contribution in [0.5, 0.6) is 11.5 Å². The minimum Gasteiger partial charge on any atom is -0.493 e. The molecule has 0 saturated carbocycles. The van der Waals surface area contributed by atoms with E-state index in [4.69, 9.17) is 4.74 Å². The van der Waals surface area contributed by atoms with Crippen LogP contribution in [0.2, 0.25) is 0 Å². The number of amides is 1. The highest BCUT2D eigenvalue weighted by Gasteiger charge is 2.18. The van der Waals surface area contributed by atoms with Crippen molar-refractivity contribution in [2.45, 2.75) is 13.2 Å². The Labute approximate surface area is 141 Å². The molecule has 0 saturated heterocycles. The lowest BCUT2D eigenvalue weighted by Gasteiger charge is -2.19. The number of benzene rings is 2. The summed E-state index contributed by atoms with van der Waals surface area (Å²) in [7, 11) is 2.68. The second-order valence-corrected chi connectivity index (χ2v) is 5.14. The number of hydrogen-bond donors (Lipinski definition) is 0. The Morgan fingerprint density at radius 1 is 1.12 bits per heavy atom. The molecule has 2 aromatic carbocycles. The van der Waals surface area contributed by atoms with E-state index in [1.54, 1.807) is 0 Å². The predicted molar refractivity (Wildman–Crippen MR) is 81.8 cm³/mol. The molecule has 134 valence electrons. The van der Waals surface area contributed by atoms with Gasteiger partial charge < -0.3 is 14.4 Å². The van der Waals surface area contributed by atoms with Gasteiger partial charge in [0.1, 0.15) is 11.6 Å². The number of rotatable bonds is 6. The summed E-state index contributed by atoms with van der Waals surface area (Å²) >= 11 is 0. The topological polar surface area (TPSA) is 38.8 Å². The molecule has 2 aromatic rings. The second-order valence-electron chi connectivity index (χ2n) is 5.14. The number of halogens is 4. The minimum atomic E-state index is -3.03. The van der Waals surface area contributed by atoms with Crippen LogP contribution in [0, 0.1) is 11.6 Å². The molecule has 4 nitrogen and oxygen atoms in total. The van der Waals surface area contributed by atoms with Crippen molar-refractivity contribution < 1.29 is 31.8 Å². The largest absolute Gasteiger partial charge is 0.493 e. The maximum Gasteiger partial charge on any atom is 0.387 e. The van der Waals surface area contributed by atoms with E-state index < -0.39 is 24.2 Å². The van der Waals surface area contributed by atoms with E-state index in [0.29, 0.717) is 0 Å². The van der Waals surface area contributed by atoms with Crippen LogP contribution in [-0.4, -0.2) is 31.6 Å². The number of alkyl halides is 2. The van der Waals surface area contributed by atoms with E-state index in [2.05, 4.69) is 4.74 Å². The summed E-state index contributed by atoms with van der Waals surface area (Å²) in [6, 6.07) is 6.79. The van der Waals surface area contributed by atoms with Crippen LogP contribution in [0.25, 0.3) is 0 Å². The Morgan fingerprint density at radius 2 is 1.84 bits per heavy atom. The molecule has 0 heterocycles. The van der Waals surface area contributed by atoms with Crippen LogP contribution in [0.3, 0.4) is 0 Å².